The molecule has 1 aromatic heterocycles. The van der Waals surface area contributed by atoms with Gasteiger partial charge in [0, 0.05) is 18.0 Å². The average Bonchev–Trinajstić information content (AvgIpc) is 2.86. The number of hydrogen-bond acceptors (Lipinski definition) is 3. The van der Waals surface area contributed by atoms with Crippen molar-refractivity contribution in [2.24, 2.45) is 7.05 Å². The van der Waals surface area contributed by atoms with Gasteiger partial charge in [-0.1, -0.05) is 18.2 Å². The fourth-order valence-electron chi connectivity index (χ4n) is 2.24. The van der Waals surface area contributed by atoms with Crippen LogP contribution in [0.15, 0.2) is 48.7 Å². The van der Waals surface area contributed by atoms with E-state index >= 15 is 0 Å². The number of hydrogen-bond donors (Lipinski definition) is 1. The molecule has 0 radical (unpaired) electrons. The molecular formula is C16H14N2O3. The highest BCUT2D eigenvalue weighted by Gasteiger charge is 2.14. The van der Waals surface area contributed by atoms with E-state index in [0.29, 0.717) is 11.3 Å². The van der Waals surface area contributed by atoms with Gasteiger partial charge in [0.1, 0.15) is 12.4 Å². The van der Waals surface area contributed by atoms with Gasteiger partial charge in [-0.2, -0.15) is 5.10 Å². The molecular weight excluding hydrogens is 268 g/mol. The smallest absolute Gasteiger partial charge is 0.336 e. The third kappa shape index (κ3) is 2.58. The van der Waals surface area contributed by atoms with Gasteiger partial charge in [0.05, 0.1) is 17.3 Å². The van der Waals surface area contributed by atoms with E-state index < -0.39 is 5.97 Å². The van der Waals surface area contributed by atoms with Gasteiger partial charge in [-0.05, 0) is 24.3 Å². The molecule has 0 saturated heterocycles. The summed E-state index contributed by atoms with van der Waals surface area (Å²) in [7, 11) is 1.82. The predicted octanol–water partition coefficient (Wildman–Crippen LogP) is 2.85. The number of rotatable bonds is 4. The molecule has 0 saturated carbocycles. The Morgan fingerprint density at radius 1 is 1.29 bits per heavy atom. The Morgan fingerprint density at radius 3 is 2.76 bits per heavy atom. The Bertz CT molecular complexity index is 794. The van der Waals surface area contributed by atoms with Crippen molar-refractivity contribution in [1.29, 1.82) is 0 Å². The van der Waals surface area contributed by atoms with E-state index in [1.807, 2.05) is 43.4 Å². The number of benzene rings is 2. The third-order valence-corrected chi connectivity index (χ3v) is 3.34. The van der Waals surface area contributed by atoms with Crippen molar-refractivity contribution in [3.05, 3.63) is 59.8 Å². The summed E-state index contributed by atoms with van der Waals surface area (Å²) in [5.74, 6) is -0.258. The van der Waals surface area contributed by atoms with E-state index in [2.05, 4.69) is 5.10 Å². The molecule has 0 aliphatic rings. The van der Waals surface area contributed by atoms with Gasteiger partial charge < -0.3 is 9.84 Å². The van der Waals surface area contributed by atoms with Crippen LogP contribution in [0.4, 0.5) is 0 Å². The Kier molecular flexibility index (Phi) is 3.31. The minimum atomic E-state index is -0.965. The molecule has 5 nitrogen and oxygen atoms in total. The number of carboxylic acids is 1. The van der Waals surface area contributed by atoms with Crippen LogP contribution in [0.1, 0.15) is 15.9 Å². The number of nitrogens with zero attached hydrogens (tertiary/aromatic N) is 2. The SMILES string of the molecule is Cn1ncc2cc(C(=O)O)c(COc3ccccc3)cc21. The normalized spacial score (nSPS) is 10.7. The maximum absolute atomic E-state index is 11.4. The average molecular weight is 282 g/mol. The Labute approximate surface area is 121 Å². The summed E-state index contributed by atoms with van der Waals surface area (Å²) in [6, 6.07) is 12.8. The van der Waals surface area contributed by atoms with Crippen LogP contribution in [0.3, 0.4) is 0 Å². The van der Waals surface area contributed by atoms with Crippen molar-refractivity contribution in [2.75, 3.05) is 0 Å². The molecule has 0 unspecified atom stereocenters. The molecule has 0 fully saturated rings. The molecule has 0 spiro atoms. The third-order valence-electron chi connectivity index (χ3n) is 3.34. The molecule has 3 rings (SSSR count). The van der Waals surface area contributed by atoms with E-state index in [0.717, 1.165) is 10.9 Å². The summed E-state index contributed by atoms with van der Waals surface area (Å²) in [4.78, 5) is 11.4. The highest BCUT2D eigenvalue weighted by Crippen LogP contribution is 2.21. The number of aromatic carboxylic acids is 1. The molecule has 0 atom stereocenters. The van der Waals surface area contributed by atoms with Gasteiger partial charge in [-0.3, -0.25) is 4.68 Å². The lowest BCUT2D eigenvalue weighted by Gasteiger charge is -2.09. The van der Waals surface area contributed by atoms with Gasteiger partial charge in [0.25, 0.3) is 0 Å². The first-order chi connectivity index (χ1) is 10.1. The van der Waals surface area contributed by atoms with Crippen molar-refractivity contribution in [3.63, 3.8) is 0 Å². The first-order valence-corrected chi connectivity index (χ1v) is 6.51. The monoisotopic (exact) mass is 282 g/mol. The lowest BCUT2D eigenvalue weighted by Crippen LogP contribution is -2.06. The van der Waals surface area contributed by atoms with Crippen LogP contribution in [-0.4, -0.2) is 20.9 Å². The summed E-state index contributed by atoms with van der Waals surface area (Å²) in [6.45, 7) is 0.201. The number of carbonyl (C=O) groups is 1. The second-order valence-corrected chi connectivity index (χ2v) is 4.74. The fraction of sp³-hybridized carbons (Fsp3) is 0.125. The molecule has 21 heavy (non-hydrogen) atoms. The van der Waals surface area contributed by atoms with Crippen molar-refractivity contribution in [2.45, 2.75) is 6.61 Å². The molecule has 106 valence electrons. The Morgan fingerprint density at radius 2 is 2.05 bits per heavy atom. The van der Waals surface area contributed by atoms with E-state index in [1.54, 1.807) is 16.9 Å². The summed E-state index contributed by atoms with van der Waals surface area (Å²) in [5.41, 5.74) is 1.75. The standard InChI is InChI=1S/C16H14N2O3/c1-18-15-8-12(10-21-13-5-3-2-4-6-13)14(16(19)20)7-11(15)9-17-18/h2-9H,10H2,1H3,(H,19,20). The number of aromatic nitrogens is 2. The van der Waals surface area contributed by atoms with Crippen LogP contribution in [-0.2, 0) is 13.7 Å². The number of fused-ring (bicyclic) bond motifs is 1. The van der Waals surface area contributed by atoms with Crippen LogP contribution >= 0.6 is 0 Å². The maximum atomic E-state index is 11.4. The Balaban J connectivity index is 1.97. The quantitative estimate of drug-likeness (QED) is 0.799. The predicted molar refractivity (Wildman–Crippen MR) is 78.4 cm³/mol. The molecule has 2 aromatic carbocycles. The number of carboxylic acid groups (broad SMARTS) is 1. The molecule has 0 aliphatic carbocycles. The molecule has 5 heteroatoms. The summed E-state index contributed by atoms with van der Waals surface area (Å²) < 4.78 is 7.37. The van der Waals surface area contributed by atoms with Crippen molar-refractivity contribution < 1.29 is 14.6 Å². The lowest BCUT2D eigenvalue weighted by molar-refractivity contribution is 0.0694. The van der Waals surface area contributed by atoms with E-state index in [9.17, 15) is 9.90 Å². The number of ether oxygens (including phenoxy) is 1. The zero-order chi connectivity index (χ0) is 14.8. The van der Waals surface area contributed by atoms with E-state index in [-0.39, 0.29) is 12.2 Å². The molecule has 0 amide bonds. The first kappa shape index (κ1) is 13.2. The fourth-order valence-corrected chi connectivity index (χ4v) is 2.24. The summed E-state index contributed by atoms with van der Waals surface area (Å²) >= 11 is 0. The van der Waals surface area contributed by atoms with Crippen LogP contribution in [0, 0.1) is 0 Å². The Hall–Kier alpha value is -2.82. The maximum Gasteiger partial charge on any atom is 0.336 e. The lowest BCUT2D eigenvalue weighted by atomic mass is 10.1. The molecule has 0 bridgehead atoms. The topological polar surface area (TPSA) is 64.4 Å². The van der Waals surface area contributed by atoms with Gasteiger partial charge in [-0.25, -0.2) is 4.79 Å². The second kappa shape index (κ2) is 5.28. The van der Waals surface area contributed by atoms with E-state index in [1.165, 1.54) is 0 Å². The van der Waals surface area contributed by atoms with Gasteiger partial charge >= 0.3 is 5.97 Å². The number of aryl methyl sites for hydroxylation is 1. The van der Waals surface area contributed by atoms with Crippen LogP contribution in [0.5, 0.6) is 5.75 Å². The van der Waals surface area contributed by atoms with E-state index in [4.69, 9.17) is 4.74 Å². The highest BCUT2D eigenvalue weighted by molar-refractivity contribution is 5.95. The van der Waals surface area contributed by atoms with Gasteiger partial charge in [0.2, 0.25) is 0 Å². The molecule has 0 aliphatic heterocycles. The molecule has 3 aromatic rings. The summed E-state index contributed by atoms with van der Waals surface area (Å²) in [6.07, 6.45) is 1.66. The zero-order valence-corrected chi connectivity index (χ0v) is 11.5. The first-order valence-electron chi connectivity index (χ1n) is 6.51. The number of para-hydroxylation sites is 1. The van der Waals surface area contributed by atoms with Crippen molar-refractivity contribution in [1.82, 2.24) is 9.78 Å². The van der Waals surface area contributed by atoms with Crippen LogP contribution < -0.4 is 4.74 Å². The molecule has 1 N–H and O–H groups in total. The second-order valence-electron chi connectivity index (χ2n) is 4.74. The highest BCUT2D eigenvalue weighted by atomic mass is 16.5. The van der Waals surface area contributed by atoms with Gasteiger partial charge in [-0.15, -0.1) is 0 Å². The van der Waals surface area contributed by atoms with Crippen LogP contribution in [0.2, 0.25) is 0 Å². The summed E-state index contributed by atoms with van der Waals surface area (Å²) in [5, 5.41) is 14.3. The molecule has 1 heterocycles. The zero-order valence-electron chi connectivity index (χ0n) is 11.5. The minimum Gasteiger partial charge on any atom is -0.489 e. The largest absolute Gasteiger partial charge is 0.489 e. The van der Waals surface area contributed by atoms with Crippen molar-refractivity contribution in [3.8, 4) is 5.75 Å². The van der Waals surface area contributed by atoms with Gasteiger partial charge in [0.15, 0.2) is 0 Å². The van der Waals surface area contributed by atoms with Crippen LogP contribution in [0.25, 0.3) is 10.9 Å². The van der Waals surface area contributed by atoms with Crippen molar-refractivity contribution >= 4 is 16.9 Å². The minimum absolute atomic E-state index is 0.201.